The maximum atomic E-state index is 12.5. The third-order valence-electron chi connectivity index (χ3n) is 3.22. The van der Waals surface area contributed by atoms with Crippen LogP contribution in [0.3, 0.4) is 0 Å². The van der Waals surface area contributed by atoms with Crippen LogP contribution < -0.4 is 10.5 Å². The zero-order valence-corrected chi connectivity index (χ0v) is 13.3. The zero-order valence-electron chi connectivity index (χ0n) is 12.5. The molecule has 0 aliphatic carbocycles. The summed E-state index contributed by atoms with van der Waals surface area (Å²) in [7, 11) is 0.291. The van der Waals surface area contributed by atoms with E-state index in [1.807, 2.05) is 0 Å². The first-order chi connectivity index (χ1) is 9.79. The van der Waals surface area contributed by atoms with Crippen LogP contribution in [0.15, 0.2) is 23.1 Å². The molecule has 0 saturated heterocycles. The summed E-state index contributed by atoms with van der Waals surface area (Å²) >= 11 is 0. The van der Waals surface area contributed by atoms with Gasteiger partial charge in [0, 0.05) is 19.6 Å². The predicted octanol–water partition coefficient (Wildman–Crippen LogP) is 0.450. The van der Waals surface area contributed by atoms with Crippen LogP contribution >= 0.6 is 0 Å². The Balaban J connectivity index is 3.35. The van der Waals surface area contributed by atoms with E-state index >= 15 is 0 Å². The number of benzene rings is 1. The van der Waals surface area contributed by atoms with Gasteiger partial charge in [0.05, 0.1) is 19.1 Å². The lowest BCUT2D eigenvalue weighted by atomic mass is 10.2. The van der Waals surface area contributed by atoms with Crippen LogP contribution in [-0.4, -0.2) is 52.5 Å². The molecule has 7 nitrogen and oxygen atoms in total. The Morgan fingerprint density at radius 1 is 1.38 bits per heavy atom. The second kappa shape index (κ2) is 6.88. The summed E-state index contributed by atoms with van der Waals surface area (Å²) in [5.74, 6) is -0.422. The van der Waals surface area contributed by atoms with Crippen LogP contribution in [0.25, 0.3) is 0 Å². The Labute approximate surface area is 124 Å². The smallest absolute Gasteiger partial charge is 0.341 e. The van der Waals surface area contributed by atoms with Gasteiger partial charge in [-0.3, -0.25) is 0 Å². The molecule has 0 saturated carbocycles. The fourth-order valence-corrected chi connectivity index (χ4v) is 3.07. The van der Waals surface area contributed by atoms with Gasteiger partial charge in [-0.15, -0.1) is 0 Å². The quantitative estimate of drug-likeness (QED) is 0.765. The number of hydrogen-bond donors (Lipinski definition) is 1. The lowest BCUT2D eigenvalue weighted by Crippen LogP contribution is -2.39. The van der Waals surface area contributed by atoms with Gasteiger partial charge in [-0.2, -0.15) is 4.31 Å². The summed E-state index contributed by atoms with van der Waals surface area (Å²) < 4.78 is 35.8. The van der Waals surface area contributed by atoms with Gasteiger partial charge in [0.1, 0.15) is 11.3 Å². The molecule has 0 amide bonds. The summed E-state index contributed by atoms with van der Waals surface area (Å²) in [5, 5.41) is 0. The van der Waals surface area contributed by atoms with Crippen molar-refractivity contribution in [1.82, 2.24) is 4.31 Å². The lowest BCUT2D eigenvalue weighted by Gasteiger charge is -2.23. The highest BCUT2D eigenvalue weighted by Gasteiger charge is 2.26. The second-order valence-corrected chi connectivity index (χ2v) is 6.46. The van der Waals surface area contributed by atoms with Crippen molar-refractivity contribution in [2.75, 3.05) is 27.8 Å². The molecule has 1 atom stereocenters. The molecule has 1 rings (SSSR count). The summed E-state index contributed by atoms with van der Waals surface area (Å²) in [6, 6.07) is 3.67. The summed E-state index contributed by atoms with van der Waals surface area (Å²) in [6.45, 7) is 1.89. The second-order valence-electron chi connectivity index (χ2n) is 4.46. The number of esters is 1. The largest absolute Gasteiger partial charge is 0.496 e. The maximum Gasteiger partial charge on any atom is 0.341 e. The van der Waals surface area contributed by atoms with Gasteiger partial charge < -0.3 is 15.2 Å². The van der Waals surface area contributed by atoms with E-state index in [4.69, 9.17) is 10.5 Å². The van der Waals surface area contributed by atoms with E-state index in [-0.39, 0.29) is 28.8 Å². The molecule has 0 aliphatic heterocycles. The van der Waals surface area contributed by atoms with Gasteiger partial charge in [0.15, 0.2) is 0 Å². The Kier molecular flexibility index (Phi) is 5.70. The molecule has 0 radical (unpaired) electrons. The highest BCUT2D eigenvalue weighted by Crippen LogP contribution is 2.25. The molecule has 21 heavy (non-hydrogen) atoms. The number of carbonyl (C=O) groups is 1. The third kappa shape index (κ3) is 3.52. The van der Waals surface area contributed by atoms with Gasteiger partial charge in [-0.25, -0.2) is 13.2 Å². The Bertz CT molecular complexity index is 615. The maximum absolute atomic E-state index is 12.5. The fourth-order valence-electron chi connectivity index (χ4n) is 1.67. The van der Waals surface area contributed by atoms with E-state index < -0.39 is 16.0 Å². The Hall–Kier alpha value is -1.64. The minimum absolute atomic E-state index is 0.0218. The Morgan fingerprint density at radius 3 is 2.48 bits per heavy atom. The van der Waals surface area contributed by atoms with Crippen molar-refractivity contribution < 1.29 is 22.7 Å². The van der Waals surface area contributed by atoms with Gasteiger partial charge in [-0.1, -0.05) is 0 Å². The third-order valence-corrected chi connectivity index (χ3v) is 5.18. The molecule has 8 heteroatoms. The number of nitrogens with zero attached hydrogens (tertiary/aromatic N) is 1. The molecular formula is C13H20N2O5S. The standard InChI is InChI=1S/C13H20N2O5S/c1-9(8-14)15(2)21(17,18)10-5-6-12(19-3)11(7-10)13(16)20-4/h5-7,9H,8,14H2,1-4H3. The average molecular weight is 316 g/mol. The highest BCUT2D eigenvalue weighted by atomic mass is 32.2. The van der Waals surface area contributed by atoms with Crippen LogP contribution in [-0.2, 0) is 14.8 Å². The van der Waals surface area contributed by atoms with E-state index in [9.17, 15) is 13.2 Å². The van der Waals surface area contributed by atoms with Crippen molar-refractivity contribution in [3.8, 4) is 5.75 Å². The van der Waals surface area contributed by atoms with Gasteiger partial charge in [-0.05, 0) is 25.1 Å². The predicted molar refractivity (Wildman–Crippen MR) is 77.8 cm³/mol. The molecule has 0 heterocycles. The van der Waals surface area contributed by atoms with Crippen molar-refractivity contribution in [3.63, 3.8) is 0 Å². The van der Waals surface area contributed by atoms with Crippen molar-refractivity contribution in [1.29, 1.82) is 0 Å². The van der Waals surface area contributed by atoms with E-state index in [0.29, 0.717) is 0 Å². The van der Waals surface area contributed by atoms with Gasteiger partial charge >= 0.3 is 5.97 Å². The van der Waals surface area contributed by atoms with Gasteiger partial charge in [0.25, 0.3) is 0 Å². The molecule has 2 N–H and O–H groups in total. The van der Waals surface area contributed by atoms with E-state index in [0.717, 1.165) is 4.31 Å². The number of rotatable bonds is 6. The minimum atomic E-state index is -3.75. The highest BCUT2D eigenvalue weighted by molar-refractivity contribution is 7.89. The van der Waals surface area contributed by atoms with Crippen LogP contribution in [0, 0.1) is 0 Å². The van der Waals surface area contributed by atoms with Crippen LogP contribution in [0.4, 0.5) is 0 Å². The van der Waals surface area contributed by atoms with E-state index in [2.05, 4.69) is 4.74 Å². The molecule has 0 fully saturated rings. The molecular weight excluding hydrogens is 296 g/mol. The first-order valence-electron chi connectivity index (χ1n) is 6.24. The fraction of sp³-hybridized carbons (Fsp3) is 0.462. The number of carbonyl (C=O) groups excluding carboxylic acids is 1. The molecule has 0 spiro atoms. The topological polar surface area (TPSA) is 98.9 Å². The molecule has 1 aromatic rings. The van der Waals surface area contributed by atoms with Crippen molar-refractivity contribution >= 4 is 16.0 Å². The number of ether oxygens (including phenoxy) is 2. The first kappa shape index (κ1) is 17.4. The lowest BCUT2D eigenvalue weighted by molar-refractivity contribution is 0.0597. The monoisotopic (exact) mass is 316 g/mol. The first-order valence-corrected chi connectivity index (χ1v) is 7.68. The summed E-state index contributed by atoms with van der Waals surface area (Å²) in [6.07, 6.45) is 0. The number of sulfonamides is 1. The molecule has 0 bridgehead atoms. The van der Waals surface area contributed by atoms with Crippen LogP contribution in [0.2, 0.25) is 0 Å². The number of hydrogen-bond acceptors (Lipinski definition) is 6. The van der Waals surface area contributed by atoms with Crippen molar-refractivity contribution in [2.45, 2.75) is 17.9 Å². The minimum Gasteiger partial charge on any atom is -0.496 e. The molecule has 118 valence electrons. The molecule has 1 aromatic carbocycles. The van der Waals surface area contributed by atoms with Crippen molar-refractivity contribution in [2.24, 2.45) is 5.73 Å². The summed E-state index contributed by atoms with van der Waals surface area (Å²) in [4.78, 5) is 11.7. The van der Waals surface area contributed by atoms with E-state index in [1.165, 1.54) is 39.5 Å². The van der Waals surface area contributed by atoms with Crippen molar-refractivity contribution in [3.05, 3.63) is 23.8 Å². The summed E-state index contributed by atoms with van der Waals surface area (Å²) in [5.41, 5.74) is 5.54. The molecule has 0 aromatic heterocycles. The number of likely N-dealkylation sites (N-methyl/N-ethyl adjacent to an activating group) is 1. The van der Waals surface area contributed by atoms with Gasteiger partial charge in [0.2, 0.25) is 10.0 Å². The number of nitrogens with two attached hydrogens (primary N) is 1. The number of methoxy groups -OCH3 is 2. The van der Waals surface area contributed by atoms with E-state index in [1.54, 1.807) is 6.92 Å². The molecule has 1 unspecified atom stereocenters. The average Bonchev–Trinajstić information content (AvgIpc) is 2.51. The zero-order chi connectivity index (χ0) is 16.2. The normalized spacial score (nSPS) is 13.0. The van der Waals surface area contributed by atoms with Crippen LogP contribution in [0.1, 0.15) is 17.3 Å². The Morgan fingerprint density at radius 2 is 2.00 bits per heavy atom. The molecule has 0 aliphatic rings. The SMILES string of the molecule is COC(=O)c1cc(S(=O)(=O)N(C)C(C)CN)ccc1OC. The van der Waals surface area contributed by atoms with Crippen LogP contribution in [0.5, 0.6) is 5.75 Å².